The molecule has 0 saturated heterocycles. The molecule has 2 heterocycles. The third-order valence-electron chi connectivity index (χ3n) is 2.90. The van der Waals surface area contributed by atoms with Crippen LogP contribution in [0.5, 0.6) is 0 Å². The lowest BCUT2D eigenvalue weighted by molar-refractivity contribution is 0.709. The zero-order chi connectivity index (χ0) is 11.5. The van der Waals surface area contributed by atoms with Crippen LogP contribution in [0.4, 0.5) is 11.6 Å². The number of para-hydroxylation sites is 1. The third-order valence-corrected chi connectivity index (χ3v) is 2.90. The van der Waals surface area contributed by atoms with E-state index >= 15 is 0 Å². The van der Waals surface area contributed by atoms with Gasteiger partial charge in [0.25, 0.3) is 0 Å². The van der Waals surface area contributed by atoms with Crippen LogP contribution < -0.4 is 10.2 Å². The maximum Gasteiger partial charge on any atom is 0.229 e. The van der Waals surface area contributed by atoms with Crippen molar-refractivity contribution in [2.75, 3.05) is 18.0 Å². The first-order valence-electron chi connectivity index (χ1n) is 5.78. The summed E-state index contributed by atoms with van der Waals surface area (Å²) in [6, 6.07) is 10.2. The van der Waals surface area contributed by atoms with Crippen molar-refractivity contribution in [1.29, 1.82) is 0 Å². The van der Waals surface area contributed by atoms with Crippen LogP contribution in [0.15, 0.2) is 42.7 Å². The van der Waals surface area contributed by atoms with E-state index in [4.69, 9.17) is 0 Å². The third kappa shape index (κ3) is 1.99. The van der Waals surface area contributed by atoms with Crippen LogP contribution in [0.3, 0.4) is 0 Å². The number of fused-ring (bicyclic) bond motifs is 1. The lowest BCUT2D eigenvalue weighted by atomic mass is 10.1. The average molecular weight is 226 g/mol. The lowest BCUT2D eigenvalue weighted by Gasteiger charge is -2.21. The van der Waals surface area contributed by atoms with E-state index < -0.39 is 0 Å². The van der Waals surface area contributed by atoms with Crippen molar-refractivity contribution in [1.82, 2.24) is 15.3 Å². The first-order valence-corrected chi connectivity index (χ1v) is 5.78. The van der Waals surface area contributed by atoms with Gasteiger partial charge in [0.05, 0.1) is 0 Å². The highest BCUT2D eigenvalue weighted by molar-refractivity contribution is 5.62. The lowest BCUT2D eigenvalue weighted by Crippen LogP contribution is -2.25. The van der Waals surface area contributed by atoms with E-state index in [-0.39, 0.29) is 0 Å². The first-order chi connectivity index (χ1) is 8.45. The molecule has 0 radical (unpaired) electrons. The summed E-state index contributed by atoms with van der Waals surface area (Å²) in [5.74, 6) is 0.767. The Morgan fingerprint density at radius 3 is 2.76 bits per heavy atom. The highest BCUT2D eigenvalue weighted by Crippen LogP contribution is 2.26. The summed E-state index contributed by atoms with van der Waals surface area (Å²) in [5.41, 5.74) is 2.49. The molecule has 0 unspecified atom stereocenters. The van der Waals surface area contributed by atoms with Crippen LogP contribution in [-0.4, -0.2) is 23.1 Å². The van der Waals surface area contributed by atoms with Crippen molar-refractivity contribution >= 4 is 11.6 Å². The van der Waals surface area contributed by atoms with Gasteiger partial charge in [0.15, 0.2) is 0 Å². The number of hydrogen-bond donors (Lipinski definition) is 1. The van der Waals surface area contributed by atoms with E-state index in [0.717, 1.165) is 25.6 Å². The maximum absolute atomic E-state index is 4.33. The number of nitrogens with zero attached hydrogens (tertiary/aromatic N) is 3. The van der Waals surface area contributed by atoms with Gasteiger partial charge in [0, 0.05) is 37.7 Å². The van der Waals surface area contributed by atoms with E-state index in [9.17, 15) is 0 Å². The van der Waals surface area contributed by atoms with E-state index in [2.05, 4.69) is 44.5 Å². The molecule has 86 valence electrons. The van der Waals surface area contributed by atoms with Gasteiger partial charge >= 0.3 is 0 Å². The molecule has 0 fully saturated rings. The molecular weight excluding hydrogens is 212 g/mol. The van der Waals surface area contributed by atoms with Crippen LogP contribution >= 0.6 is 0 Å². The molecular formula is C13H14N4. The molecule has 17 heavy (non-hydrogen) atoms. The molecule has 3 rings (SSSR count). The Hall–Kier alpha value is -1.94. The molecule has 1 aromatic carbocycles. The summed E-state index contributed by atoms with van der Waals surface area (Å²) in [6.07, 6.45) is 3.56. The second-order valence-electron chi connectivity index (χ2n) is 4.01. The molecule has 1 N–H and O–H groups in total. The topological polar surface area (TPSA) is 41.1 Å². The Kier molecular flexibility index (Phi) is 2.71. The number of hydrogen-bond acceptors (Lipinski definition) is 4. The average Bonchev–Trinajstić information content (AvgIpc) is 2.62. The first kappa shape index (κ1) is 10.2. The molecule has 0 amide bonds. The quantitative estimate of drug-likeness (QED) is 0.804. The predicted molar refractivity (Wildman–Crippen MR) is 67.2 cm³/mol. The number of benzene rings is 1. The van der Waals surface area contributed by atoms with E-state index in [1.807, 2.05) is 6.07 Å². The van der Waals surface area contributed by atoms with Crippen molar-refractivity contribution in [3.63, 3.8) is 0 Å². The van der Waals surface area contributed by atoms with Gasteiger partial charge in [-0.2, -0.15) is 0 Å². The fraction of sp³-hybridized carbons (Fsp3) is 0.231. The molecule has 1 aromatic heterocycles. The van der Waals surface area contributed by atoms with E-state index in [0.29, 0.717) is 0 Å². The molecule has 0 bridgehead atoms. The minimum absolute atomic E-state index is 0.767. The van der Waals surface area contributed by atoms with Gasteiger partial charge in [-0.3, -0.25) is 0 Å². The van der Waals surface area contributed by atoms with E-state index in [1.54, 1.807) is 12.4 Å². The van der Waals surface area contributed by atoms with Crippen LogP contribution in [0.1, 0.15) is 5.56 Å². The number of aromatic nitrogens is 2. The predicted octanol–water partition coefficient (Wildman–Crippen LogP) is 1.72. The van der Waals surface area contributed by atoms with Crippen LogP contribution in [0, 0.1) is 0 Å². The van der Waals surface area contributed by atoms with Gasteiger partial charge in [-0.1, -0.05) is 18.2 Å². The zero-order valence-electron chi connectivity index (χ0n) is 9.50. The fourth-order valence-electron chi connectivity index (χ4n) is 2.10. The molecule has 1 aliphatic heterocycles. The van der Waals surface area contributed by atoms with Crippen molar-refractivity contribution in [3.8, 4) is 0 Å². The Morgan fingerprint density at radius 1 is 1.06 bits per heavy atom. The summed E-state index contributed by atoms with van der Waals surface area (Å²) in [5, 5.41) is 3.41. The van der Waals surface area contributed by atoms with Crippen molar-refractivity contribution in [2.24, 2.45) is 0 Å². The largest absolute Gasteiger partial charge is 0.311 e. The molecule has 2 aromatic rings. The highest BCUT2D eigenvalue weighted by Gasteiger charge is 2.17. The minimum atomic E-state index is 0.767. The Balaban J connectivity index is 2.06. The van der Waals surface area contributed by atoms with Crippen molar-refractivity contribution < 1.29 is 0 Å². The molecule has 4 nitrogen and oxygen atoms in total. The van der Waals surface area contributed by atoms with Crippen molar-refractivity contribution in [3.05, 3.63) is 48.3 Å². The van der Waals surface area contributed by atoms with Crippen LogP contribution in [0.2, 0.25) is 0 Å². The highest BCUT2D eigenvalue weighted by atomic mass is 15.3. The van der Waals surface area contributed by atoms with Gasteiger partial charge in [-0.25, -0.2) is 9.97 Å². The Labute approximate surface area is 100 Å². The molecule has 4 heteroatoms. The van der Waals surface area contributed by atoms with Gasteiger partial charge in [0.2, 0.25) is 5.95 Å². The summed E-state index contributed by atoms with van der Waals surface area (Å²) in [4.78, 5) is 10.8. The molecule has 0 aliphatic carbocycles. The molecule has 0 saturated carbocycles. The summed E-state index contributed by atoms with van der Waals surface area (Å²) in [6.45, 7) is 2.73. The number of nitrogens with one attached hydrogen (secondary N) is 1. The van der Waals surface area contributed by atoms with Gasteiger partial charge in [-0.15, -0.1) is 0 Å². The Morgan fingerprint density at radius 2 is 1.88 bits per heavy atom. The molecule has 0 atom stereocenters. The molecule has 0 spiro atoms. The zero-order valence-corrected chi connectivity index (χ0v) is 9.50. The normalized spacial score (nSPS) is 15.2. The summed E-state index contributed by atoms with van der Waals surface area (Å²) >= 11 is 0. The number of anilines is 2. The van der Waals surface area contributed by atoms with Gasteiger partial charge < -0.3 is 10.2 Å². The standard InChI is InChI=1S/C13H14N4/c1-2-5-12-11(4-1)10-14-8-9-17(12)13-15-6-3-7-16-13/h1-7,14H,8-10H2. The summed E-state index contributed by atoms with van der Waals surface area (Å²) < 4.78 is 0. The van der Waals surface area contributed by atoms with E-state index in [1.165, 1.54) is 11.3 Å². The Bertz CT molecular complexity index is 498. The molecule has 1 aliphatic rings. The van der Waals surface area contributed by atoms with Crippen LogP contribution in [-0.2, 0) is 6.54 Å². The second kappa shape index (κ2) is 4.51. The van der Waals surface area contributed by atoms with Gasteiger partial charge in [-0.05, 0) is 17.7 Å². The summed E-state index contributed by atoms with van der Waals surface area (Å²) in [7, 11) is 0. The minimum Gasteiger partial charge on any atom is -0.311 e. The SMILES string of the molecule is c1cnc(N2CCNCc3ccccc32)nc1. The second-order valence-corrected chi connectivity index (χ2v) is 4.01. The smallest absolute Gasteiger partial charge is 0.229 e. The fourth-order valence-corrected chi connectivity index (χ4v) is 2.10. The monoisotopic (exact) mass is 226 g/mol. The van der Waals surface area contributed by atoms with Crippen molar-refractivity contribution in [2.45, 2.75) is 6.54 Å². The van der Waals surface area contributed by atoms with Crippen LogP contribution in [0.25, 0.3) is 0 Å². The maximum atomic E-state index is 4.33. The number of rotatable bonds is 1. The van der Waals surface area contributed by atoms with Gasteiger partial charge in [0.1, 0.15) is 0 Å².